The minimum absolute atomic E-state index is 0.0135. The molecule has 0 radical (unpaired) electrons. The Morgan fingerprint density at radius 1 is 1.59 bits per heavy atom. The Bertz CT molecular complexity index is 437. The van der Waals surface area contributed by atoms with Gasteiger partial charge in [-0.05, 0) is 31.0 Å². The Hall–Kier alpha value is -1.07. The molecule has 2 rings (SSSR count). The highest BCUT2D eigenvalue weighted by Crippen LogP contribution is 2.24. The summed E-state index contributed by atoms with van der Waals surface area (Å²) < 4.78 is 0.829. The van der Waals surface area contributed by atoms with E-state index in [0.717, 1.165) is 17.3 Å². The molecule has 0 saturated carbocycles. The SMILES string of the molecule is Nc1ccc(Br)cc1C(=O)N1CCCC1CO. The standard InChI is InChI=1S/C12H15BrN2O2/c13-8-3-4-11(14)10(6-8)12(17)15-5-1-2-9(15)7-16/h3-4,6,9,16H,1-2,5,7,14H2. The van der Waals surface area contributed by atoms with E-state index >= 15 is 0 Å². The summed E-state index contributed by atoms with van der Waals surface area (Å²) >= 11 is 3.33. The second-order valence-corrected chi connectivity index (χ2v) is 5.12. The number of nitrogens with zero attached hydrogens (tertiary/aromatic N) is 1. The van der Waals surface area contributed by atoms with E-state index in [2.05, 4.69) is 15.9 Å². The molecule has 1 fully saturated rings. The normalized spacial score (nSPS) is 19.6. The minimum atomic E-state index is -0.0969. The fourth-order valence-electron chi connectivity index (χ4n) is 2.16. The molecule has 1 unspecified atom stereocenters. The number of carbonyl (C=O) groups excluding carboxylic acids is 1. The van der Waals surface area contributed by atoms with Crippen LogP contribution in [0.25, 0.3) is 0 Å². The van der Waals surface area contributed by atoms with E-state index in [1.54, 1.807) is 23.1 Å². The number of hydrogen-bond acceptors (Lipinski definition) is 3. The molecule has 1 atom stereocenters. The van der Waals surface area contributed by atoms with Crippen LogP contribution in [0, 0.1) is 0 Å². The highest BCUT2D eigenvalue weighted by Gasteiger charge is 2.29. The van der Waals surface area contributed by atoms with Crippen LogP contribution in [0.5, 0.6) is 0 Å². The lowest BCUT2D eigenvalue weighted by atomic mass is 10.1. The van der Waals surface area contributed by atoms with Crippen molar-refractivity contribution >= 4 is 27.5 Å². The first kappa shape index (κ1) is 12.4. The molecule has 1 saturated heterocycles. The minimum Gasteiger partial charge on any atom is -0.398 e. The van der Waals surface area contributed by atoms with Crippen molar-refractivity contribution < 1.29 is 9.90 Å². The molecule has 0 spiro atoms. The number of nitrogen functional groups attached to an aromatic ring is 1. The van der Waals surface area contributed by atoms with Gasteiger partial charge in [0.05, 0.1) is 18.2 Å². The highest BCUT2D eigenvalue weighted by atomic mass is 79.9. The van der Waals surface area contributed by atoms with Crippen LogP contribution in [0.1, 0.15) is 23.2 Å². The maximum Gasteiger partial charge on any atom is 0.256 e. The van der Waals surface area contributed by atoms with E-state index < -0.39 is 0 Å². The average Bonchev–Trinajstić information content (AvgIpc) is 2.79. The predicted octanol–water partition coefficient (Wildman–Crippen LogP) is 1.63. The number of aliphatic hydroxyl groups excluding tert-OH is 1. The maximum atomic E-state index is 12.3. The van der Waals surface area contributed by atoms with Crippen LogP contribution >= 0.6 is 15.9 Å². The second kappa shape index (κ2) is 5.06. The zero-order valence-electron chi connectivity index (χ0n) is 9.40. The number of rotatable bonds is 2. The fraction of sp³-hybridized carbons (Fsp3) is 0.417. The van der Waals surface area contributed by atoms with Gasteiger partial charge in [-0.1, -0.05) is 15.9 Å². The molecule has 1 aliphatic rings. The lowest BCUT2D eigenvalue weighted by Gasteiger charge is -2.23. The number of halogens is 1. The number of hydrogen-bond donors (Lipinski definition) is 2. The Morgan fingerprint density at radius 3 is 3.06 bits per heavy atom. The molecule has 1 aromatic carbocycles. The summed E-state index contributed by atoms with van der Waals surface area (Å²) in [5, 5.41) is 9.22. The number of benzene rings is 1. The third-order valence-corrected chi connectivity index (χ3v) is 3.59. The van der Waals surface area contributed by atoms with Crippen LogP contribution in [-0.2, 0) is 0 Å². The summed E-state index contributed by atoms with van der Waals surface area (Å²) in [7, 11) is 0. The summed E-state index contributed by atoms with van der Waals surface area (Å²) in [6, 6.07) is 5.17. The lowest BCUT2D eigenvalue weighted by molar-refractivity contribution is 0.0678. The molecule has 1 aromatic rings. The molecule has 0 bridgehead atoms. The number of carbonyl (C=O) groups is 1. The van der Waals surface area contributed by atoms with Crippen LogP contribution < -0.4 is 5.73 Å². The van der Waals surface area contributed by atoms with Crippen molar-refractivity contribution in [2.45, 2.75) is 18.9 Å². The molecule has 4 nitrogen and oxygen atoms in total. The monoisotopic (exact) mass is 298 g/mol. The smallest absolute Gasteiger partial charge is 0.256 e. The van der Waals surface area contributed by atoms with Crippen molar-refractivity contribution in [3.63, 3.8) is 0 Å². The quantitative estimate of drug-likeness (QED) is 0.816. The van der Waals surface area contributed by atoms with Crippen molar-refractivity contribution in [3.8, 4) is 0 Å². The molecule has 0 aliphatic carbocycles. The van der Waals surface area contributed by atoms with E-state index in [1.807, 2.05) is 0 Å². The number of aliphatic hydroxyl groups is 1. The molecule has 17 heavy (non-hydrogen) atoms. The Labute approximate surface area is 109 Å². The van der Waals surface area contributed by atoms with Gasteiger partial charge in [0.15, 0.2) is 0 Å². The average molecular weight is 299 g/mol. The van der Waals surface area contributed by atoms with E-state index in [1.165, 1.54) is 0 Å². The van der Waals surface area contributed by atoms with Gasteiger partial charge in [0.25, 0.3) is 5.91 Å². The van der Waals surface area contributed by atoms with Gasteiger partial charge in [0.1, 0.15) is 0 Å². The molecule has 0 aromatic heterocycles. The van der Waals surface area contributed by atoms with Gasteiger partial charge in [-0.15, -0.1) is 0 Å². The molecular weight excluding hydrogens is 284 g/mol. The van der Waals surface area contributed by atoms with E-state index in [4.69, 9.17) is 5.73 Å². The van der Waals surface area contributed by atoms with Crippen LogP contribution in [0.15, 0.2) is 22.7 Å². The van der Waals surface area contributed by atoms with Gasteiger partial charge < -0.3 is 15.7 Å². The zero-order chi connectivity index (χ0) is 12.4. The number of anilines is 1. The molecule has 92 valence electrons. The summed E-state index contributed by atoms with van der Waals surface area (Å²) in [5.74, 6) is -0.0969. The van der Waals surface area contributed by atoms with Gasteiger partial charge in [-0.25, -0.2) is 0 Å². The second-order valence-electron chi connectivity index (χ2n) is 4.21. The van der Waals surface area contributed by atoms with Crippen molar-refractivity contribution in [1.82, 2.24) is 4.90 Å². The summed E-state index contributed by atoms with van der Waals surface area (Å²) in [6.45, 7) is 0.704. The predicted molar refractivity (Wildman–Crippen MR) is 69.7 cm³/mol. The molecular formula is C12H15BrN2O2. The van der Waals surface area contributed by atoms with Crippen LogP contribution in [0.2, 0.25) is 0 Å². The Kier molecular flexibility index (Phi) is 3.69. The van der Waals surface area contributed by atoms with Gasteiger partial charge in [0, 0.05) is 16.7 Å². The Balaban J connectivity index is 2.27. The van der Waals surface area contributed by atoms with Gasteiger partial charge >= 0.3 is 0 Å². The first-order valence-corrected chi connectivity index (χ1v) is 6.39. The molecule has 1 heterocycles. The van der Waals surface area contributed by atoms with Crippen molar-refractivity contribution in [2.75, 3.05) is 18.9 Å². The number of amides is 1. The summed E-state index contributed by atoms with van der Waals surface area (Å²) in [4.78, 5) is 14.0. The molecule has 1 amide bonds. The van der Waals surface area contributed by atoms with Crippen molar-refractivity contribution in [3.05, 3.63) is 28.2 Å². The third-order valence-electron chi connectivity index (χ3n) is 3.09. The van der Waals surface area contributed by atoms with Crippen LogP contribution in [0.3, 0.4) is 0 Å². The van der Waals surface area contributed by atoms with E-state index in [9.17, 15) is 9.90 Å². The fourth-order valence-corrected chi connectivity index (χ4v) is 2.52. The van der Waals surface area contributed by atoms with E-state index in [-0.39, 0.29) is 18.6 Å². The molecule has 5 heteroatoms. The first-order valence-electron chi connectivity index (χ1n) is 5.60. The number of nitrogens with two attached hydrogens (primary N) is 1. The largest absolute Gasteiger partial charge is 0.398 e. The van der Waals surface area contributed by atoms with Gasteiger partial charge in [-0.2, -0.15) is 0 Å². The zero-order valence-corrected chi connectivity index (χ0v) is 11.0. The van der Waals surface area contributed by atoms with Gasteiger partial charge in [0.2, 0.25) is 0 Å². The van der Waals surface area contributed by atoms with Crippen LogP contribution in [-0.4, -0.2) is 35.1 Å². The van der Waals surface area contributed by atoms with Crippen LogP contribution in [0.4, 0.5) is 5.69 Å². The summed E-state index contributed by atoms with van der Waals surface area (Å²) in [5.41, 5.74) is 6.79. The van der Waals surface area contributed by atoms with Crippen molar-refractivity contribution in [2.24, 2.45) is 0 Å². The summed E-state index contributed by atoms with van der Waals surface area (Å²) in [6.07, 6.45) is 1.79. The molecule has 3 N–H and O–H groups in total. The Morgan fingerprint density at radius 2 is 2.35 bits per heavy atom. The van der Waals surface area contributed by atoms with Crippen molar-refractivity contribution in [1.29, 1.82) is 0 Å². The topological polar surface area (TPSA) is 66.6 Å². The number of likely N-dealkylation sites (tertiary alicyclic amines) is 1. The van der Waals surface area contributed by atoms with Gasteiger partial charge in [-0.3, -0.25) is 4.79 Å². The first-order chi connectivity index (χ1) is 8.13. The van der Waals surface area contributed by atoms with E-state index in [0.29, 0.717) is 17.8 Å². The lowest BCUT2D eigenvalue weighted by Crippen LogP contribution is -2.37. The molecule has 1 aliphatic heterocycles. The maximum absolute atomic E-state index is 12.3. The highest BCUT2D eigenvalue weighted by molar-refractivity contribution is 9.10. The third kappa shape index (κ3) is 2.45.